The number of nitrogens with zero attached hydrogens (tertiary/aromatic N) is 2. The lowest BCUT2D eigenvalue weighted by Crippen LogP contribution is -2.47. The predicted molar refractivity (Wildman–Crippen MR) is 220 cm³/mol. The highest BCUT2D eigenvalue weighted by atomic mass is 35.5. The van der Waals surface area contributed by atoms with E-state index in [1.54, 1.807) is 24.4 Å². The van der Waals surface area contributed by atoms with Gasteiger partial charge >= 0.3 is 5.97 Å². The van der Waals surface area contributed by atoms with Crippen LogP contribution >= 0.6 is 11.6 Å². The van der Waals surface area contributed by atoms with Crippen molar-refractivity contribution >= 4 is 23.5 Å². The van der Waals surface area contributed by atoms with E-state index in [4.69, 9.17) is 21.1 Å². The monoisotopic (exact) mass is 786 g/mol. The van der Waals surface area contributed by atoms with Crippen LogP contribution in [0.2, 0.25) is 5.02 Å². The smallest absolute Gasteiger partial charge is 0.311 e. The van der Waals surface area contributed by atoms with E-state index < -0.39 is 18.0 Å². The summed E-state index contributed by atoms with van der Waals surface area (Å²) in [6.45, 7) is 6.91. The van der Waals surface area contributed by atoms with Crippen LogP contribution in [0.1, 0.15) is 65.1 Å². The third-order valence-electron chi connectivity index (χ3n) is 10.8. The lowest BCUT2D eigenvalue weighted by molar-refractivity contribution is -0.150. The number of rotatable bonds is 16. The molecule has 0 spiro atoms. The SMILES string of the molecule is Cc1c(COc2cc(OCc3cncc(C#N)c3)c(CC[C@@](C)(CO)C(=O)O)cc2Cl)cccc1-c1cccc(-c2ccc(CNC3CCCNC3=O)cc2)c1C. The minimum absolute atomic E-state index is 0.0711. The summed E-state index contributed by atoms with van der Waals surface area (Å²) in [5.41, 5.74) is 9.17. The summed E-state index contributed by atoms with van der Waals surface area (Å²) < 4.78 is 12.6. The summed E-state index contributed by atoms with van der Waals surface area (Å²) in [6.07, 6.45) is 5.34. The first-order chi connectivity index (χ1) is 27.5. The van der Waals surface area contributed by atoms with Crippen LogP contribution in [0.4, 0.5) is 0 Å². The molecule has 4 N–H and O–H groups in total. The van der Waals surface area contributed by atoms with Gasteiger partial charge in [-0.25, -0.2) is 0 Å². The minimum atomic E-state index is -1.34. The van der Waals surface area contributed by atoms with Crippen molar-refractivity contribution in [2.75, 3.05) is 13.2 Å². The number of pyridine rings is 1. The molecule has 0 radical (unpaired) electrons. The second-order valence-electron chi connectivity index (χ2n) is 14.8. The van der Waals surface area contributed by atoms with Gasteiger partial charge in [0.2, 0.25) is 5.91 Å². The molecule has 1 unspecified atom stereocenters. The highest BCUT2D eigenvalue weighted by Crippen LogP contribution is 2.38. The molecule has 1 aliphatic rings. The molecule has 0 saturated carbocycles. The summed E-state index contributed by atoms with van der Waals surface area (Å²) in [5.74, 6) is -0.183. The van der Waals surface area contributed by atoms with E-state index in [1.165, 1.54) is 13.1 Å². The molecule has 2 atom stereocenters. The van der Waals surface area contributed by atoms with E-state index in [-0.39, 0.29) is 38.0 Å². The number of carbonyl (C=O) groups is 2. The third kappa shape index (κ3) is 9.81. The Hall–Kier alpha value is -5.73. The van der Waals surface area contributed by atoms with Gasteiger partial charge < -0.3 is 30.3 Å². The number of nitrogens with one attached hydrogen (secondary N) is 2. The number of aryl methyl sites for hydroxylation is 1. The molecule has 2 heterocycles. The molecular weight excluding hydrogens is 740 g/mol. The number of benzene rings is 4. The molecular formula is C46H47ClN4O6. The minimum Gasteiger partial charge on any atom is -0.488 e. The lowest BCUT2D eigenvalue weighted by Gasteiger charge is -2.23. The van der Waals surface area contributed by atoms with Crippen molar-refractivity contribution in [3.63, 3.8) is 0 Å². The molecule has 5 aromatic rings. The zero-order chi connectivity index (χ0) is 40.5. The van der Waals surface area contributed by atoms with Crippen molar-refractivity contribution in [2.45, 2.75) is 72.3 Å². The molecule has 1 amide bonds. The van der Waals surface area contributed by atoms with E-state index in [2.05, 4.69) is 84.1 Å². The Balaban J connectivity index is 1.20. The number of hydrogen-bond donors (Lipinski definition) is 4. The predicted octanol–water partition coefficient (Wildman–Crippen LogP) is 8.10. The van der Waals surface area contributed by atoms with Crippen molar-refractivity contribution in [1.29, 1.82) is 5.26 Å². The van der Waals surface area contributed by atoms with Crippen LogP contribution in [-0.4, -0.2) is 46.3 Å². The van der Waals surface area contributed by atoms with Crippen LogP contribution in [0.15, 0.2) is 91.3 Å². The number of halogens is 1. The quantitative estimate of drug-likeness (QED) is 0.0777. The molecule has 6 rings (SSSR count). The van der Waals surface area contributed by atoms with Gasteiger partial charge in [0, 0.05) is 37.1 Å². The highest BCUT2D eigenvalue weighted by Gasteiger charge is 2.32. The Morgan fingerprint density at radius 3 is 2.39 bits per heavy atom. The van der Waals surface area contributed by atoms with Crippen molar-refractivity contribution in [3.05, 3.63) is 135 Å². The fraction of sp³-hybridized carbons (Fsp3) is 0.304. The van der Waals surface area contributed by atoms with Gasteiger partial charge in [-0.1, -0.05) is 72.3 Å². The zero-order valence-corrected chi connectivity index (χ0v) is 33.2. The standard InChI is InChI=1S/C46H47ClN4O6/c1-29-36(7-4-9-38(29)39-10-5-8-37(30(39)2)34-14-12-31(13-15-34)25-51-41-11-6-18-50-44(41)53)27-57-43-21-42(56-26-33-19-32(22-48)23-49-24-33)35(20-40(43)47)16-17-46(3,28-52)45(54)55/h4-5,7-10,12-15,19-21,23-24,41,51-52H,6,11,16-18,25-28H2,1-3H3,(H,50,53)(H,54,55)/t41?,46-/m0/s1. The van der Waals surface area contributed by atoms with E-state index in [9.17, 15) is 25.1 Å². The van der Waals surface area contributed by atoms with E-state index in [0.29, 0.717) is 39.8 Å². The molecule has 4 aromatic carbocycles. The molecule has 1 aliphatic heterocycles. The Bertz CT molecular complexity index is 2290. The number of hydrogen-bond acceptors (Lipinski definition) is 8. The third-order valence-corrected chi connectivity index (χ3v) is 11.1. The van der Waals surface area contributed by atoms with Crippen molar-refractivity contribution < 1.29 is 29.3 Å². The molecule has 0 aliphatic carbocycles. The topological polar surface area (TPSA) is 154 Å². The summed E-state index contributed by atoms with van der Waals surface area (Å²) in [7, 11) is 0. The van der Waals surface area contributed by atoms with Gasteiger partial charge in [-0.2, -0.15) is 5.26 Å². The maximum atomic E-state index is 12.2. The van der Waals surface area contributed by atoms with Gasteiger partial charge in [-0.15, -0.1) is 0 Å². The van der Waals surface area contributed by atoms with Crippen LogP contribution in [0.5, 0.6) is 11.5 Å². The zero-order valence-electron chi connectivity index (χ0n) is 32.4. The first-order valence-corrected chi connectivity index (χ1v) is 19.4. The van der Waals surface area contributed by atoms with Gasteiger partial charge in [-0.05, 0) is 109 Å². The number of nitriles is 1. The molecule has 10 nitrogen and oxygen atoms in total. The fourth-order valence-electron chi connectivity index (χ4n) is 7.01. The Kier molecular flexibility index (Phi) is 13.3. The van der Waals surface area contributed by atoms with Crippen LogP contribution in [-0.2, 0) is 35.8 Å². The molecule has 11 heteroatoms. The highest BCUT2D eigenvalue weighted by molar-refractivity contribution is 6.32. The first kappa shape index (κ1) is 40.9. The van der Waals surface area contributed by atoms with Gasteiger partial charge in [0.15, 0.2) is 0 Å². The fourth-order valence-corrected chi connectivity index (χ4v) is 7.25. The maximum Gasteiger partial charge on any atom is 0.311 e. The Morgan fingerprint density at radius 1 is 0.947 bits per heavy atom. The molecule has 1 saturated heterocycles. The average molecular weight is 787 g/mol. The number of aliphatic carboxylic acids is 1. The Morgan fingerprint density at radius 2 is 1.67 bits per heavy atom. The number of aromatic nitrogens is 1. The number of aliphatic hydroxyl groups is 1. The molecule has 1 aromatic heterocycles. The Labute approximate surface area is 338 Å². The molecule has 0 bridgehead atoms. The second kappa shape index (κ2) is 18.5. The van der Waals surface area contributed by atoms with Crippen molar-refractivity contribution in [2.24, 2.45) is 5.41 Å². The summed E-state index contributed by atoms with van der Waals surface area (Å²) >= 11 is 6.79. The summed E-state index contributed by atoms with van der Waals surface area (Å²) in [4.78, 5) is 28.2. The first-order valence-electron chi connectivity index (χ1n) is 19.0. The van der Waals surface area contributed by atoms with Crippen LogP contribution in [0.3, 0.4) is 0 Å². The lowest BCUT2D eigenvalue weighted by atomic mass is 9.85. The maximum absolute atomic E-state index is 12.2. The number of piperidine rings is 1. The van der Waals surface area contributed by atoms with Gasteiger partial charge in [0.1, 0.15) is 30.8 Å². The van der Waals surface area contributed by atoms with E-state index in [1.807, 2.05) is 12.1 Å². The summed E-state index contributed by atoms with van der Waals surface area (Å²) in [5, 5.41) is 35.6. The van der Waals surface area contributed by atoms with Gasteiger partial charge in [0.25, 0.3) is 0 Å². The van der Waals surface area contributed by atoms with Crippen LogP contribution in [0, 0.1) is 30.6 Å². The normalized spacial score (nSPS) is 14.9. The second-order valence-corrected chi connectivity index (χ2v) is 15.2. The van der Waals surface area contributed by atoms with Gasteiger partial charge in [0.05, 0.1) is 28.6 Å². The van der Waals surface area contributed by atoms with Gasteiger partial charge in [-0.3, -0.25) is 14.6 Å². The van der Waals surface area contributed by atoms with Crippen molar-refractivity contribution in [1.82, 2.24) is 15.6 Å². The van der Waals surface area contributed by atoms with E-state index in [0.717, 1.165) is 63.9 Å². The van der Waals surface area contributed by atoms with Crippen molar-refractivity contribution in [3.8, 4) is 39.8 Å². The number of carbonyl (C=O) groups excluding carboxylic acids is 1. The summed E-state index contributed by atoms with van der Waals surface area (Å²) in [6, 6.07) is 28.0. The number of carboxylic acids is 1. The molecule has 294 valence electrons. The molecule has 1 fully saturated rings. The number of ether oxygens (including phenoxy) is 2. The van der Waals surface area contributed by atoms with Crippen LogP contribution in [0.25, 0.3) is 22.3 Å². The number of carboxylic acid groups (broad SMARTS) is 1. The molecule has 57 heavy (non-hydrogen) atoms. The van der Waals surface area contributed by atoms with E-state index >= 15 is 0 Å². The number of aliphatic hydroxyl groups excluding tert-OH is 1. The van der Waals surface area contributed by atoms with Crippen LogP contribution < -0.4 is 20.1 Å². The average Bonchev–Trinajstić information content (AvgIpc) is 3.22. The number of amides is 1. The largest absolute Gasteiger partial charge is 0.488 e.